The zero-order chi connectivity index (χ0) is 39.6. The average molecular weight is 751 g/mol. The lowest BCUT2D eigenvalue weighted by atomic mass is 9.99. The van der Waals surface area contributed by atoms with Crippen LogP contribution < -0.4 is 21.3 Å². The van der Waals surface area contributed by atoms with Gasteiger partial charge in [0.25, 0.3) is 23.6 Å². The van der Waals surface area contributed by atoms with Crippen LogP contribution in [-0.4, -0.2) is 80.8 Å². The predicted molar refractivity (Wildman–Crippen MR) is 199 cm³/mol. The van der Waals surface area contributed by atoms with Gasteiger partial charge in [-0.25, -0.2) is 19.6 Å². The van der Waals surface area contributed by atoms with Crippen molar-refractivity contribution >= 4 is 35.6 Å². The van der Waals surface area contributed by atoms with Gasteiger partial charge < -0.3 is 40.7 Å². The molecule has 4 amide bonds. The number of amides is 4. The van der Waals surface area contributed by atoms with Crippen LogP contribution in [-0.2, 0) is 32.2 Å². The fourth-order valence-electron chi connectivity index (χ4n) is 5.24. The molecule has 1 aromatic carbocycles. The normalized spacial score (nSPS) is 13.1. The number of carbonyl (C=O) groups excluding carboxylic acids is 6. The number of carbonyl (C=O) groups is 6. The molecule has 0 spiro atoms. The lowest BCUT2D eigenvalue weighted by Crippen LogP contribution is -2.46. The Morgan fingerprint density at radius 1 is 0.648 bits per heavy atom. The molecule has 4 atom stereocenters. The number of benzene rings is 1. The number of ether oxygens (including phenoxy) is 2. The van der Waals surface area contributed by atoms with Crippen LogP contribution in [0.25, 0.3) is 0 Å². The van der Waals surface area contributed by atoms with Crippen LogP contribution >= 0.6 is 0 Å². The molecule has 294 valence electrons. The van der Waals surface area contributed by atoms with Gasteiger partial charge >= 0.3 is 11.9 Å². The predicted octanol–water partition coefficient (Wildman–Crippen LogP) is 3.97. The third-order valence-electron chi connectivity index (χ3n) is 9.05. The summed E-state index contributed by atoms with van der Waals surface area (Å²) in [6.45, 7) is 12.1. The molecule has 16 nitrogen and oxygen atoms in total. The second kappa shape index (κ2) is 21.9. The van der Waals surface area contributed by atoms with Crippen LogP contribution in [0.4, 0.5) is 0 Å². The monoisotopic (exact) mass is 750 g/mol. The van der Waals surface area contributed by atoms with Crippen molar-refractivity contribution < 1.29 is 38.2 Å². The Labute approximate surface area is 315 Å². The highest BCUT2D eigenvalue weighted by Gasteiger charge is 2.32. The molecule has 3 aromatic rings. The molecule has 2 heterocycles. The molecule has 0 fully saturated rings. The van der Waals surface area contributed by atoms with Gasteiger partial charge in [0.05, 0.1) is 25.9 Å². The van der Waals surface area contributed by atoms with Gasteiger partial charge in [0.2, 0.25) is 0 Å². The molecule has 0 aliphatic carbocycles. The van der Waals surface area contributed by atoms with E-state index in [0.717, 1.165) is 12.8 Å². The molecule has 3 rings (SSSR count). The highest BCUT2D eigenvalue weighted by molar-refractivity contribution is 6.06. The molecule has 0 saturated carbocycles. The molecule has 16 heteroatoms. The van der Waals surface area contributed by atoms with E-state index >= 15 is 0 Å². The molecular weight excluding hydrogens is 696 g/mol. The molecule has 0 aliphatic heterocycles. The second-order valence-corrected chi connectivity index (χ2v) is 13.2. The largest absolute Gasteiger partial charge is 0.464 e. The van der Waals surface area contributed by atoms with E-state index in [2.05, 4.69) is 41.2 Å². The highest BCUT2D eigenvalue weighted by Crippen LogP contribution is 2.15. The fourth-order valence-corrected chi connectivity index (χ4v) is 5.24. The standard InChI is InChI=1S/C38H54N8O8/c1-7-11-16-53-37(51)27(23(5)9-3)45-35(49)31-29(41-21-43-31)33(47)39-19-25-14-13-15-26(18-25)20-40-34(48)30-32(44-22-42-30)36(50)46-28(24(6)10-4)38(52)54-17-12-8-2/h13-15,18,21-24,27-28H,7-12,16-17,19-20H2,1-6H3,(H,39,47)(H,40,48)(H,41,43)(H,42,44)(H,45,49)(H,46,50)/t23-,24-,27-,28-/m0/s1. The molecule has 0 unspecified atom stereocenters. The molecule has 0 radical (unpaired) electrons. The van der Waals surface area contributed by atoms with Gasteiger partial charge in [-0.15, -0.1) is 0 Å². The number of nitrogens with one attached hydrogen (secondary N) is 6. The number of hydrogen-bond acceptors (Lipinski definition) is 10. The Hall–Kier alpha value is -5.54. The van der Waals surface area contributed by atoms with Gasteiger partial charge in [0, 0.05) is 13.1 Å². The van der Waals surface area contributed by atoms with Gasteiger partial charge in [-0.05, 0) is 35.8 Å². The second-order valence-electron chi connectivity index (χ2n) is 13.2. The van der Waals surface area contributed by atoms with Crippen molar-refractivity contribution in [3.63, 3.8) is 0 Å². The Balaban J connectivity index is 1.60. The zero-order valence-corrected chi connectivity index (χ0v) is 32.0. The van der Waals surface area contributed by atoms with Crippen LogP contribution in [0.3, 0.4) is 0 Å². The van der Waals surface area contributed by atoms with Gasteiger partial charge in [-0.1, -0.05) is 91.5 Å². The third-order valence-corrected chi connectivity index (χ3v) is 9.05. The van der Waals surface area contributed by atoms with Crippen LogP contribution in [0, 0.1) is 11.8 Å². The number of unbranched alkanes of at least 4 members (excludes halogenated alkanes) is 2. The van der Waals surface area contributed by atoms with E-state index in [-0.39, 0.29) is 60.9 Å². The molecule has 0 bridgehead atoms. The fraction of sp³-hybridized carbons (Fsp3) is 0.526. The lowest BCUT2D eigenvalue weighted by Gasteiger charge is -2.22. The highest BCUT2D eigenvalue weighted by atomic mass is 16.5. The van der Waals surface area contributed by atoms with Crippen molar-refractivity contribution in [1.29, 1.82) is 0 Å². The number of aromatic amines is 2. The van der Waals surface area contributed by atoms with E-state index in [1.807, 2.05) is 41.5 Å². The number of imidazole rings is 2. The maximum Gasteiger partial charge on any atom is 0.328 e. The molecule has 54 heavy (non-hydrogen) atoms. The van der Waals surface area contributed by atoms with Crippen LogP contribution in [0.15, 0.2) is 36.9 Å². The van der Waals surface area contributed by atoms with Crippen LogP contribution in [0.1, 0.15) is 133 Å². The quantitative estimate of drug-likeness (QED) is 0.0640. The molecule has 0 saturated heterocycles. The summed E-state index contributed by atoms with van der Waals surface area (Å²) in [6.07, 6.45) is 6.82. The minimum absolute atomic E-state index is 0.0681. The van der Waals surface area contributed by atoms with Crippen molar-refractivity contribution in [3.05, 3.63) is 70.8 Å². The maximum atomic E-state index is 13.2. The summed E-state index contributed by atoms with van der Waals surface area (Å²) >= 11 is 0. The third kappa shape index (κ3) is 12.3. The first-order valence-electron chi connectivity index (χ1n) is 18.6. The first kappa shape index (κ1) is 42.9. The van der Waals surface area contributed by atoms with Crippen molar-refractivity contribution in [2.24, 2.45) is 11.8 Å². The number of H-pyrrole nitrogens is 2. The van der Waals surface area contributed by atoms with E-state index < -0.39 is 47.7 Å². The topological polar surface area (TPSA) is 226 Å². The average Bonchev–Trinajstić information content (AvgIpc) is 3.88. The molecular formula is C38H54N8O8. The SMILES string of the molecule is CCCCOC(=O)[C@@H](NC(=O)c1nc[nH]c1C(=O)NCc1cccc(CNC(=O)c2[nH]cnc2C(=O)N[C@H](C(=O)OCCCC)[C@@H](C)CC)c1)[C@@H](C)CC. The summed E-state index contributed by atoms with van der Waals surface area (Å²) in [5.41, 5.74) is 0.954. The van der Waals surface area contributed by atoms with Crippen LogP contribution in [0.5, 0.6) is 0 Å². The van der Waals surface area contributed by atoms with E-state index in [9.17, 15) is 28.8 Å². The minimum atomic E-state index is -0.903. The molecule has 0 aliphatic rings. The summed E-state index contributed by atoms with van der Waals surface area (Å²) < 4.78 is 10.7. The number of aromatic nitrogens is 4. The van der Waals surface area contributed by atoms with Gasteiger partial charge in [-0.2, -0.15) is 0 Å². The number of rotatable bonds is 22. The summed E-state index contributed by atoms with van der Waals surface area (Å²) in [5, 5.41) is 10.9. The Kier molecular flexibility index (Phi) is 17.4. The van der Waals surface area contributed by atoms with E-state index in [1.54, 1.807) is 24.3 Å². The molecule has 6 N–H and O–H groups in total. The van der Waals surface area contributed by atoms with Crippen molar-refractivity contribution in [2.75, 3.05) is 13.2 Å². The van der Waals surface area contributed by atoms with Crippen molar-refractivity contribution in [2.45, 2.75) is 105 Å². The van der Waals surface area contributed by atoms with E-state index in [0.29, 0.717) is 36.8 Å². The summed E-state index contributed by atoms with van der Waals surface area (Å²) in [6, 6.07) is 5.30. The summed E-state index contributed by atoms with van der Waals surface area (Å²) in [4.78, 5) is 91.6. The number of esters is 2. The lowest BCUT2D eigenvalue weighted by molar-refractivity contribution is -0.148. The minimum Gasteiger partial charge on any atom is -0.464 e. The van der Waals surface area contributed by atoms with Crippen molar-refractivity contribution in [3.8, 4) is 0 Å². The Morgan fingerprint density at radius 2 is 1.06 bits per heavy atom. The van der Waals surface area contributed by atoms with Crippen molar-refractivity contribution in [1.82, 2.24) is 41.2 Å². The van der Waals surface area contributed by atoms with Crippen LogP contribution in [0.2, 0.25) is 0 Å². The Bertz CT molecular complexity index is 1600. The number of hydrogen-bond donors (Lipinski definition) is 6. The first-order chi connectivity index (χ1) is 25.9. The van der Waals surface area contributed by atoms with E-state index in [1.165, 1.54) is 12.7 Å². The van der Waals surface area contributed by atoms with Gasteiger partial charge in [-0.3, -0.25) is 19.2 Å². The zero-order valence-electron chi connectivity index (χ0n) is 32.0. The summed E-state index contributed by atoms with van der Waals surface area (Å²) in [7, 11) is 0. The maximum absolute atomic E-state index is 13.2. The smallest absolute Gasteiger partial charge is 0.328 e. The summed E-state index contributed by atoms with van der Waals surface area (Å²) in [5.74, 6) is -4.04. The first-order valence-corrected chi connectivity index (χ1v) is 18.6. The van der Waals surface area contributed by atoms with Gasteiger partial charge in [0.15, 0.2) is 11.4 Å². The van der Waals surface area contributed by atoms with E-state index in [4.69, 9.17) is 9.47 Å². The molecule has 2 aromatic heterocycles. The number of nitrogens with zero attached hydrogens (tertiary/aromatic N) is 2. The Morgan fingerprint density at radius 3 is 1.43 bits per heavy atom. The van der Waals surface area contributed by atoms with Gasteiger partial charge in [0.1, 0.15) is 23.5 Å².